The van der Waals surface area contributed by atoms with Crippen LogP contribution in [-0.2, 0) is 6.18 Å². The van der Waals surface area contributed by atoms with Crippen LogP contribution in [0.1, 0.15) is 49.0 Å². The summed E-state index contributed by atoms with van der Waals surface area (Å²) in [6, 6.07) is 3.11. The number of alkyl halides is 3. The van der Waals surface area contributed by atoms with E-state index in [9.17, 15) is 13.2 Å². The van der Waals surface area contributed by atoms with E-state index in [1.54, 1.807) is 0 Å². The highest BCUT2D eigenvalue weighted by Gasteiger charge is 2.32. The zero-order valence-corrected chi connectivity index (χ0v) is 13.1. The molecule has 0 radical (unpaired) electrons. The highest BCUT2D eigenvalue weighted by Crippen LogP contribution is 2.38. The maximum atomic E-state index is 12.6. The first-order valence-corrected chi connectivity index (χ1v) is 8.20. The second kappa shape index (κ2) is 5.75. The highest BCUT2D eigenvalue weighted by atomic mass is 19.4. The molecule has 128 valence electrons. The third kappa shape index (κ3) is 2.97. The van der Waals surface area contributed by atoms with Gasteiger partial charge in [-0.15, -0.1) is 10.2 Å². The normalized spacial score (nSPS) is 19.7. The molecule has 0 spiro atoms. The second-order valence-electron chi connectivity index (χ2n) is 6.49. The minimum Gasteiger partial charge on any atom is -0.357 e. The predicted molar refractivity (Wildman–Crippen MR) is 81.7 cm³/mol. The summed E-state index contributed by atoms with van der Waals surface area (Å²) in [5.74, 6) is 2.02. The first kappa shape index (κ1) is 15.4. The number of nitrogens with zero attached hydrogens (tertiary/aromatic N) is 5. The van der Waals surface area contributed by atoms with E-state index in [1.807, 2.05) is 11.2 Å². The first-order valence-electron chi connectivity index (χ1n) is 8.20. The Morgan fingerprint density at radius 1 is 1.04 bits per heavy atom. The molecule has 0 bridgehead atoms. The Bertz CT molecular complexity index is 697. The Balaban J connectivity index is 1.41. The maximum Gasteiger partial charge on any atom is 0.417 e. The fraction of sp³-hybridized carbons (Fsp3) is 0.562. The Morgan fingerprint density at radius 2 is 1.79 bits per heavy atom. The molecule has 1 aliphatic heterocycles. The number of piperidine rings is 1. The fourth-order valence-electron chi connectivity index (χ4n) is 3.29. The average molecular weight is 337 g/mol. The average Bonchev–Trinajstić information content (AvgIpc) is 3.31. The van der Waals surface area contributed by atoms with Crippen LogP contribution in [0, 0.1) is 0 Å². The van der Waals surface area contributed by atoms with Crippen molar-refractivity contribution >= 4 is 5.82 Å². The molecule has 1 saturated carbocycles. The van der Waals surface area contributed by atoms with Gasteiger partial charge in [0.1, 0.15) is 18.0 Å². The van der Waals surface area contributed by atoms with Gasteiger partial charge in [0.2, 0.25) is 0 Å². The molecule has 4 rings (SSSR count). The molecule has 0 atom stereocenters. The minimum absolute atomic E-state index is 0.360. The molecule has 0 aromatic carbocycles. The van der Waals surface area contributed by atoms with Gasteiger partial charge in [-0.3, -0.25) is 0 Å². The molecular formula is C16H18F3N5. The molecule has 5 nitrogen and oxygen atoms in total. The molecule has 1 saturated heterocycles. The van der Waals surface area contributed by atoms with E-state index < -0.39 is 11.7 Å². The number of hydrogen-bond acceptors (Lipinski definition) is 4. The lowest BCUT2D eigenvalue weighted by atomic mass is 9.96. The third-order valence-electron chi connectivity index (χ3n) is 4.80. The van der Waals surface area contributed by atoms with Crippen molar-refractivity contribution < 1.29 is 13.2 Å². The Hall–Kier alpha value is -2.12. The highest BCUT2D eigenvalue weighted by molar-refractivity contribution is 5.40. The molecule has 2 aromatic rings. The van der Waals surface area contributed by atoms with Gasteiger partial charge >= 0.3 is 6.18 Å². The van der Waals surface area contributed by atoms with Crippen molar-refractivity contribution in [3.63, 3.8) is 0 Å². The zero-order valence-electron chi connectivity index (χ0n) is 13.1. The number of halogens is 3. The van der Waals surface area contributed by atoms with Gasteiger partial charge in [-0.1, -0.05) is 0 Å². The van der Waals surface area contributed by atoms with E-state index in [0.29, 0.717) is 17.8 Å². The van der Waals surface area contributed by atoms with Gasteiger partial charge in [0.15, 0.2) is 0 Å². The van der Waals surface area contributed by atoms with E-state index in [1.165, 1.54) is 18.9 Å². The van der Waals surface area contributed by atoms with E-state index in [2.05, 4.69) is 19.7 Å². The molecule has 3 heterocycles. The van der Waals surface area contributed by atoms with Crippen molar-refractivity contribution in [3.05, 3.63) is 36.0 Å². The van der Waals surface area contributed by atoms with Gasteiger partial charge in [0, 0.05) is 31.2 Å². The quantitative estimate of drug-likeness (QED) is 0.861. The molecule has 0 amide bonds. The Kier molecular flexibility index (Phi) is 3.69. The third-order valence-corrected chi connectivity index (χ3v) is 4.80. The van der Waals surface area contributed by atoms with Crippen molar-refractivity contribution in [2.24, 2.45) is 0 Å². The van der Waals surface area contributed by atoms with Gasteiger partial charge in [-0.25, -0.2) is 4.98 Å². The van der Waals surface area contributed by atoms with Crippen LogP contribution in [0.25, 0.3) is 0 Å². The zero-order chi connectivity index (χ0) is 16.7. The maximum absolute atomic E-state index is 12.6. The largest absolute Gasteiger partial charge is 0.417 e. The summed E-state index contributed by atoms with van der Waals surface area (Å²) in [7, 11) is 0. The van der Waals surface area contributed by atoms with Crippen LogP contribution in [0.4, 0.5) is 19.0 Å². The smallest absolute Gasteiger partial charge is 0.357 e. The summed E-state index contributed by atoms with van der Waals surface area (Å²) in [6.45, 7) is 1.53. The topological polar surface area (TPSA) is 46.8 Å². The van der Waals surface area contributed by atoms with E-state index >= 15 is 0 Å². The van der Waals surface area contributed by atoms with E-state index in [4.69, 9.17) is 0 Å². The van der Waals surface area contributed by atoms with E-state index in [0.717, 1.165) is 44.0 Å². The van der Waals surface area contributed by atoms with Gasteiger partial charge in [0.25, 0.3) is 0 Å². The van der Waals surface area contributed by atoms with Gasteiger partial charge in [-0.2, -0.15) is 13.2 Å². The van der Waals surface area contributed by atoms with Crippen LogP contribution in [0.15, 0.2) is 24.7 Å². The van der Waals surface area contributed by atoms with Crippen LogP contribution in [-0.4, -0.2) is 32.8 Å². The van der Waals surface area contributed by atoms with Gasteiger partial charge in [0.05, 0.1) is 5.56 Å². The summed E-state index contributed by atoms with van der Waals surface area (Å²) < 4.78 is 40.0. The van der Waals surface area contributed by atoms with Crippen molar-refractivity contribution in [1.82, 2.24) is 19.7 Å². The monoisotopic (exact) mass is 337 g/mol. The molecule has 2 fully saturated rings. The summed E-state index contributed by atoms with van der Waals surface area (Å²) in [4.78, 5) is 6.02. The summed E-state index contributed by atoms with van der Waals surface area (Å²) in [5.41, 5.74) is -0.710. The summed E-state index contributed by atoms with van der Waals surface area (Å²) in [5, 5.41) is 8.34. The minimum atomic E-state index is -4.34. The molecule has 1 aliphatic carbocycles. The lowest BCUT2D eigenvalue weighted by Crippen LogP contribution is -2.34. The molecule has 24 heavy (non-hydrogen) atoms. The lowest BCUT2D eigenvalue weighted by molar-refractivity contribution is -0.137. The molecule has 2 aliphatic rings. The number of rotatable bonds is 3. The number of anilines is 1. The Morgan fingerprint density at radius 3 is 2.38 bits per heavy atom. The van der Waals surface area contributed by atoms with Crippen LogP contribution in [0.2, 0.25) is 0 Å². The van der Waals surface area contributed by atoms with Gasteiger partial charge in [-0.05, 0) is 37.8 Å². The SMILES string of the molecule is FC(F)(F)c1ccc(N2CCC(c3nncn3C3CC3)CC2)nc1. The van der Waals surface area contributed by atoms with Crippen molar-refractivity contribution in [1.29, 1.82) is 0 Å². The molecule has 2 aromatic heterocycles. The fourth-order valence-corrected chi connectivity index (χ4v) is 3.29. The molecule has 8 heteroatoms. The van der Waals surface area contributed by atoms with Crippen molar-refractivity contribution in [3.8, 4) is 0 Å². The van der Waals surface area contributed by atoms with Crippen LogP contribution >= 0.6 is 0 Å². The predicted octanol–water partition coefficient (Wildman–Crippen LogP) is 3.41. The Labute approximate surface area is 137 Å². The van der Waals surface area contributed by atoms with Crippen molar-refractivity contribution in [2.45, 2.75) is 43.8 Å². The number of aromatic nitrogens is 4. The van der Waals surface area contributed by atoms with Crippen LogP contribution < -0.4 is 4.90 Å². The molecule has 0 unspecified atom stereocenters. The van der Waals surface area contributed by atoms with Crippen LogP contribution in [0.5, 0.6) is 0 Å². The standard InChI is InChI=1S/C16H18F3N5/c17-16(18,19)12-1-4-14(20-9-12)23-7-5-11(6-8-23)15-22-21-10-24(15)13-2-3-13/h1,4,9-11,13H,2-3,5-8H2. The summed E-state index contributed by atoms with van der Waals surface area (Å²) >= 11 is 0. The number of pyridine rings is 1. The van der Waals surface area contributed by atoms with Crippen LogP contribution in [0.3, 0.4) is 0 Å². The van der Waals surface area contributed by atoms with E-state index in [-0.39, 0.29) is 0 Å². The van der Waals surface area contributed by atoms with Gasteiger partial charge < -0.3 is 9.47 Å². The second-order valence-corrected chi connectivity index (χ2v) is 6.49. The molecular weight excluding hydrogens is 319 g/mol. The first-order chi connectivity index (χ1) is 11.5. The van der Waals surface area contributed by atoms with Crippen molar-refractivity contribution in [2.75, 3.05) is 18.0 Å². The number of hydrogen-bond donors (Lipinski definition) is 0. The lowest BCUT2D eigenvalue weighted by Gasteiger charge is -2.32. The summed E-state index contributed by atoms with van der Waals surface area (Å²) in [6.07, 6.45) is 2.59. The molecule has 0 N–H and O–H groups in total.